The lowest BCUT2D eigenvalue weighted by molar-refractivity contribution is 0.197. The highest BCUT2D eigenvalue weighted by Crippen LogP contribution is 2.21. The number of hydrogen-bond donors (Lipinski definition) is 1. The first-order chi connectivity index (χ1) is 6.79. The topological polar surface area (TPSA) is 55.2 Å². The third-order valence-electron chi connectivity index (χ3n) is 1.68. The molecule has 0 unspecified atom stereocenters. The lowest BCUT2D eigenvalue weighted by Crippen LogP contribution is -2.02. The second-order valence-corrected chi connectivity index (χ2v) is 3.96. The van der Waals surface area contributed by atoms with Crippen LogP contribution in [0, 0.1) is 6.92 Å². The Balaban J connectivity index is 2.31. The summed E-state index contributed by atoms with van der Waals surface area (Å²) in [6, 6.07) is 3.63. The van der Waals surface area contributed by atoms with Crippen molar-refractivity contribution in [3.05, 3.63) is 17.1 Å². The molecule has 1 N–H and O–H groups in total. The fourth-order valence-electron chi connectivity index (χ4n) is 1.14. The molecular formula is C9H10N2O2S. The van der Waals surface area contributed by atoms with Crippen LogP contribution in [-0.2, 0) is 0 Å². The van der Waals surface area contributed by atoms with Crippen LogP contribution in [0.1, 0.15) is 5.01 Å². The van der Waals surface area contributed by atoms with Crippen molar-refractivity contribution in [3.63, 3.8) is 0 Å². The average Bonchev–Trinajstić information content (AvgIpc) is 2.54. The van der Waals surface area contributed by atoms with Gasteiger partial charge >= 0.3 is 0 Å². The van der Waals surface area contributed by atoms with Crippen LogP contribution in [0.5, 0.6) is 5.88 Å². The largest absolute Gasteiger partial charge is 0.475 e. The summed E-state index contributed by atoms with van der Waals surface area (Å²) in [4.78, 5) is 9.41. The molecule has 0 fully saturated rings. The molecule has 74 valence electrons. The van der Waals surface area contributed by atoms with Crippen LogP contribution < -0.4 is 4.74 Å². The van der Waals surface area contributed by atoms with Gasteiger partial charge in [0.2, 0.25) is 5.88 Å². The van der Waals surface area contributed by atoms with E-state index in [1.807, 2.05) is 13.0 Å². The van der Waals surface area contributed by atoms with Crippen molar-refractivity contribution in [2.24, 2.45) is 0 Å². The zero-order chi connectivity index (χ0) is 9.97. The summed E-state index contributed by atoms with van der Waals surface area (Å²) >= 11 is 1.54. The van der Waals surface area contributed by atoms with Gasteiger partial charge in [-0.1, -0.05) is 11.3 Å². The summed E-state index contributed by atoms with van der Waals surface area (Å²) in [6.07, 6.45) is 0. The molecule has 2 heterocycles. The number of aliphatic hydroxyl groups is 1. The van der Waals surface area contributed by atoms with Crippen molar-refractivity contribution >= 4 is 21.7 Å². The number of aryl methyl sites for hydroxylation is 1. The SMILES string of the molecule is Cc1nc2ccc(OCCO)nc2s1. The van der Waals surface area contributed by atoms with E-state index in [9.17, 15) is 0 Å². The molecule has 0 amide bonds. The standard InChI is InChI=1S/C9H10N2O2S/c1-6-10-7-2-3-8(13-5-4-12)11-9(7)14-6/h2-3,12H,4-5H2,1H3. The number of hydrogen-bond acceptors (Lipinski definition) is 5. The maximum Gasteiger partial charge on any atom is 0.214 e. The van der Waals surface area contributed by atoms with Gasteiger partial charge in [0, 0.05) is 6.07 Å². The number of fused-ring (bicyclic) bond motifs is 1. The van der Waals surface area contributed by atoms with Gasteiger partial charge in [-0.3, -0.25) is 0 Å². The Hall–Kier alpha value is -1.20. The molecule has 0 aliphatic carbocycles. The van der Waals surface area contributed by atoms with E-state index in [1.165, 1.54) is 11.3 Å². The molecule has 0 spiro atoms. The van der Waals surface area contributed by atoms with Crippen LogP contribution in [0.15, 0.2) is 12.1 Å². The molecule has 4 nitrogen and oxygen atoms in total. The van der Waals surface area contributed by atoms with E-state index in [2.05, 4.69) is 9.97 Å². The van der Waals surface area contributed by atoms with Gasteiger partial charge in [-0.05, 0) is 13.0 Å². The first kappa shape index (κ1) is 9.36. The van der Waals surface area contributed by atoms with Crippen LogP contribution in [0.2, 0.25) is 0 Å². The van der Waals surface area contributed by atoms with E-state index >= 15 is 0 Å². The van der Waals surface area contributed by atoms with Gasteiger partial charge in [0.05, 0.1) is 11.6 Å². The fourth-order valence-corrected chi connectivity index (χ4v) is 1.92. The van der Waals surface area contributed by atoms with Crippen LogP contribution in [0.3, 0.4) is 0 Å². The highest BCUT2D eigenvalue weighted by Gasteiger charge is 2.03. The maximum absolute atomic E-state index is 8.58. The molecule has 0 atom stereocenters. The smallest absolute Gasteiger partial charge is 0.214 e. The number of pyridine rings is 1. The van der Waals surface area contributed by atoms with Gasteiger partial charge in [0.1, 0.15) is 17.0 Å². The van der Waals surface area contributed by atoms with E-state index in [0.717, 1.165) is 15.4 Å². The molecule has 2 aromatic heterocycles. The zero-order valence-electron chi connectivity index (χ0n) is 7.73. The highest BCUT2D eigenvalue weighted by molar-refractivity contribution is 7.18. The number of ether oxygens (including phenoxy) is 1. The summed E-state index contributed by atoms with van der Waals surface area (Å²) in [5.41, 5.74) is 0.892. The number of nitrogens with zero attached hydrogens (tertiary/aromatic N) is 2. The minimum Gasteiger partial charge on any atom is -0.475 e. The third-order valence-corrected chi connectivity index (χ3v) is 2.56. The van der Waals surface area contributed by atoms with Crippen LogP contribution in [-0.4, -0.2) is 28.3 Å². The monoisotopic (exact) mass is 210 g/mol. The molecule has 14 heavy (non-hydrogen) atoms. The Bertz CT molecular complexity index is 441. The maximum atomic E-state index is 8.58. The molecule has 0 aliphatic heterocycles. The summed E-state index contributed by atoms with van der Waals surface area (Å²) < 4.78 is 5.19. The normalized spacial score (nSPS) is 10.7. The Morgan fingerprint density at radius 1 is 1.43 bits per heavy atom. The van der Waals surface area contributed by atoms with Gasteiger partial charge in [0.25, 0.3) is 0 Å². The average molecular weight is 210 g/mol. The second kappa shape index (κ2) is 3.89. The van der Waals surface area contributed by atoms with Crippen LogP contribution >= 0.6 is 11.3 Å². The lowest BCUT2D eigenvalue weighted by atomic mass is 10.4. The molecule has 5 heteroatoms. The molecule has 0 bridgehead atoms. The second-order valence-electron chi connectivity index (χ2n) is 2.78. The van der Waals surface area contributed by atoms with Gasteiger partial charge in [-0.15, -0.1) is 0 Å². The number of rotatable bonds is 3. The van der Waals surface area contributed by atoms with Crippen molar-refractivity contribution < 1.29 is 9.84 Å². The first-order valence-electron chi connectivity index (χ1n) is 4.27. The van der Waals surface area contributed by atoms with Gasteiger partial charge in [-0.25, -0.2) is 9.97 Å². The summed E-state index contributed by atoms with van der Waals surface area (Å²) in [6.45, 7) is 2.22. The molecular weight excluding hydrogens is 200 g/mol. The predicted octanol–water partition coefficient (Wildman–Crippen LogP) is 1.37. The summed E-state index contributed by atoms with van der Waals surface area (Å²) in [5.74, 6) is 0.537. The van der Waals surface area contributed by atoms with E-state index in [1.54, 1.807) is 6.07 Å². The molecule has 2 aromatic rings. The molecule has 0 radical (unpaired) electrons. The van der Waals surface area contributed by atoms with E-state index in [-0.39, 0.29) is 13.2 Å². The van der Waals surface area contributed by atoms with E-state index < -0.39 is 0 Å². The minimum atomic E-state index is 0.00142. The van der Waals surface area contributed by atoms with E-state index in [4.69, 9.17) is 9.84 Å². The molecule has 0 saturated heterocycles. The number of aromatic nitrogens is 2. The third kappa shape index (κ3) is 1.83. The lowest BCUT2D eigenvalue weighted by Gasteiger charge is -2.01. The van der Waals surface area contributed by atoms with Crippen molar-refractivity contribution in [2.45, 2.75) is 6.92 Å². The molecule has 0 aromatic carbocycles. The summed E-state index contributed by atoms with van der Waals surface area (Å²) in [5, 5.41) is 9.57. The number of thiazole rings is 1. The summed E-state index contributed by atoms with van der Waals surface area (Å²) in [7, 11) is 0. The molecule has 0 saturated carbocycles. The number of aliphatic hydroxyl groups excluding tert-OH is 1. The van der Waals surface area contributed by atoms with Gasteiger partial charge in [-0.2, -0.15) is 0 Å². The molecule has 0 aliphatic rings. The minimum absolute atomic E-state index is 0.00142. The zero-order valence-corrected chi connectivity index (χ0v) is 8.54. The Kier molecular flexibility index (Phi) is 2.60. The highest BCUT2D eigenvalue weighted by atomic mass is 32.1. The van der Waals surface area contributed by atoms with Gasteiger partial charge in [0.15, 0.2) is 0 Å². The predicted molar refractivity (Wildman–Crippen MR) is 54.7 cm³/mol. The van der Waals surface area contributed by atoms with Gasteiger partial charge < -0.3 is 9.84 Å². The van der Waals surface area contributed by atoms with Crippen molar-refractivity contribution in [1.82, 2.24) is 9.97 Å². The Morgan fingerprint density at radius 3 is 3.07 bits per heavy atom. The van der Waals surface area contributed by atoms with Crippen LogP contribution in [0.25, 0.3) is 10.3 Å². The Morgan fingerprint density at radius 2 is 2.29 bits per heavy atom. The molecule has 2 rings (SSSR count). The van der Waals surface area contributed by atoms with Crippen LogP contribution in [0.4, 0.5) is 0 Å². The quantitative estimate of drug-likeness (QED) is 0.831. The van der Waals surface area contributed by atoms with Crippen molar-refractivity contribution in [2.75, 3.05) is 13.2 Å². The first-order valence-corrected chi connectivity index (χ1v) is 5.09. The van der Waals surface area contributed by atoms with Crippen molar-refractivity contribution in [1.29, 1.82) is 0 Å². The van der Waals surface area contributed by atoms with E-state index in [0.29, 0.717) is 5.88 Å². The van der Waals surface area contributed by atoms with Crippen molar-refractivity contribution in [3.8, 4) is 5.88 Å². The fraction of sp³-hybridized carbons (Fsp3) is 0.333. The Labute approximate surface area is 85.2 Å².